The van der Waals surface area contributed by atoms with Gasteiger partial charge in [0, 0.05) is 0 Å². The maximum Gasteiger partial charge on any atom is 0.138 e. The van der Waals surface area contributed by atoms with Crippen molar-refractivity contribution in [1.29, 1.82) is 0 Å². The summed E-state index contributed by atoms with van der Waals surface area (Å²) in [5, 5.41) is 10.3. The molecule has 1 rings (SSSR count). The number of nitrogens with two attached hydrogens (primary N) is 1. The van der Waals surface area contributed by atoms with Crippen LogP contribution in [0.15, 0.2) is 18.2 Å². The third kappa shape index (κ3) is 3.67. The van der Waals surface area contributed by atoms with Crippen molar-refractivity contribution in [2.24, 2.45) is 5.73 Å². The van der Waals surface area contributed by atoms with Gasteiger partial charge in [-0.05, 0) is 44.5 Å². The van der Waals surface area contributed by atoms with Crippen LogP contribution in [0.5, 0.6) is 5.75 Å². The van der Waals surface area contributed by atoms with Gasteiger partial charge in [-0.25, -0.2) is 0 Å². The molecule has 0 aliphatic rings. The summed E-state index contributed by atoms with van der Waals surface area (Å²) < 4.78 is 5.50. The molecule has 1 aromatic carbocycles. The molecule has 0 aliphatic carbocycles. The third-order valence-corrected chi connectivity index (χ3v) is 2.44. The highest BCUT2D eigenvalue weighted by Crippen LogP contribution is 2.29. The first-order valence-electron chi connectivity index (χ1n) is 5.38. The Hall–Kier alpha value is -0.770. The molecule has 0 fully saturated rings. The molecule has 0 amide bonds. The molecular weight excluding hydrogens is 226 g/mol. The highest BCUT2D eigenvalue weighted by molar-refractivity contribution is 6.32. The molecular formula is C12H18ClNO2. The van der Waals surface area contributed by atoms with E-state index in [1.165, 1.54) is 0 Å². The number of hydrogen-bond donors (Lipinski definition) is 2. The predicted molar refractivity (Wildman–Crippen MR) is 65.8 cm³/mol. The Morgan fingerprint density at radius 1 is 1.44 bits per heavy atom. The second kappa shape index (κ2) is 6.09. The summed E-state index contributed by atoms with van der Waals surface area (Å²) in [5.74, 6) is 0.639. The van der Waals surface area contributed by atoms with Gasteiger partial charge in [-0.1, -0.05) is 17.7 Å². The molecule has 0 spiro atoms. The second-order valence-corrected chi connectivity index (χ2v) is 4.36. The molecule has 0 radical (unpaired) electrons. The average Bonchev–Trinajstić information content (AvgIpc) is 2.20. The minimum absolute atomic E-state index is 0.0808. The van der Waals surface area contributed by atoms with E-state index in [-0.39, 0.29) is 6.10 Å². The van der Waals surface area contributed by atoms with Gasteiger partial charge in [0.1, 0.15) is 5.75 Å². The maximum atomic E-state index is 9.74. The fourth-order valence-electron chi connectivity index (χ4n) is 1.40. The Morgan fingerprint density at radius 3 is 2.62 bits per heavy atom. The number of aliphatic hydroxyl groups excluding tert-OH is 1. The van der Waals surface area contributed by atoms with Crippen molar-refractivity contribution in [3.8, 4) is 5.75 Å². The Labute approximate surface area is 101 Å². The molecule has 0 bridgehead atoms. The number of benzene rings is 1. The Balaban J connectivity index is 2.82. The maximum absolute atomic E-state index is 9.74. The van der Waals surface area contributed by atoms with E-state index in [1.54, 1.807) is 12.1 Å². The van der Waals surface area contributed by atoms with Crippen molar-refractivity contribution in [3.63, 3.8) is 0 Å². The van der Waals surface area contributed by atoms with E-state index < -0.39 is 6.10 Å². The van der Waals surface area contributed by atoms with Crippen LogP contribution in [-0.2, 0) is 0 Å². The molecule has 3 N–H and O–H groups in total. The van der Waals surface area contributed by atoms with Crippen LogP contribution in [0.4, 0.5) is 0 Å². The van der Waals surface area contributed by atoms with Crippen molar-refractivity contribution < 1.29 is 9.84 Å². The fraction of sp³-hybridized carbons (Fsp3) is 0.500. The van der Waals surface area contributed by atoms with Crippen LogP contribution in [0, 0.1) is 0 Å². The number of hydrogen-bond acceptors (Lipinski definition) is 3. The molecule has 0 saturated carbocycles. The first kappa shape index (κ1) is 13.3. The number of aliphatic hydroxyl groups is 1. The quantitative estimate of drug-likeness (QED) is 0.836. The molecule has 0 heterocycles. The van der Waals surface area contributed by atoms with Gasteiger partial charge in [0.05, 0.1) is 17.2 Å². The normalized spacial score (nSPS) is 12.9. The summed E-state index contributed by atoms with van der Waals surface area (Å²) in [7, 11) is 0. The van der Waals surface area contributed by atoms with Crippen LogP contribution in [0.1, 0.15) is 31.9 Å². The zero-order chi connectivity index (χ0) is 12.1. The molecule has 90 valence electrons. The summed E-state index contributed by atoms with van der Waals surface area (Å²) in [6.07, 6.45) is 0.0497. The minimum Gasteiger partial charge on any atom is -0.489 e. The Kier molecular flexibility index (Phi) is 5.06. The van der Waals surface area contributed by atoms with Gasteiger partial charge in [-0.2, -0.15) is 0 Å². The van der Waals surface area contributed by atoms with Crippen LogP contribution in [-0.4, -0.2) is 17.8 Å². The molecule has 1 aromatic rings. The van der Waals surface area contributed by atoms with Crippen LogP contribution in [0.3, 0.4) is 0 Å². The highest BCUT2D eigenvalue weighted by atomic mass is 35.5. The van der Waals surface area contributed by atoms with Gasteiger partial charge in [-0.3, -0.25) is 0 Å². The van der Waals surface area contributed by atoms with E-state index >= 15 is 0 Å². The molecule has 1 atom stereocenters. The Bertz CT molecular complexity index is 342. The second-order valence-electron chi connectivity index (χ2n) is 3.95. The summed E-state index contributed by atoms with van der Waals surface area (Å²) in [6, 6.07) is 5.31. The van der Waals surface area contributed by atoms with E-state index in [0.29, 0.717) is 23.7 Å². The predicted octanol–water partition coefficient (Wildman–Crippen LogP) is 2.51. The standard InChI is InChI=1S/C12H18ClNO2/c1-8(2)16-12-4-3-9(7-10(12)13)11(15)5-6-14/h3-4,7-8,11,15H,5-6,14H2,1-2H3. The lowest BCUT2D eigenvalue weighted by atomic mass is 10.1. The zero-order valence-electron chi connectivity index (χ0n) is 9.61. The van der Waals surface area contributed by atoms with Crippen molar-refractivity contribution in [2.75, 3.05) is 6.54 Å². The lowest BCUT2D eigenvalue weighted by Crippen LogP contribution is -2.08. The van der Waals surface area contributed by atoms with E-state index in [2.05, 4.69) is 0 Å². The summed E-state index contributed by atoms with van der Waals surface area (Å²) >= 11 is 6.05. The van der Waals surface area contributed by atoms with Crippen LogP contribution in [0.2, 0.25) is 5.02 Å². The number of ether oxygens (including phenoxy) is 1. The molecule has 0 saturated heterocycles. The van der Waals surface area contributed by atoms with Gasteiger partial charge in [0.25, 0.3) is 0 Å². The van der Waals surface area contributed by atoms with Gasteiger partial charge < -0.3 is 15.6 Å². The van der Waals surface area contributed by atoms with Crippen LogP contribution in [0.25, 0.3) is 0 Å². The first-order chi connectivity index (χ1) is 7.54. The van der Waals surface area contributed by atoms with E-state index in [0.717, 1.165) is 5.56 Å². The molecule has 0 aliphatic heterocycles. The summed E-state index contributed by atoms with van der Waals surface area (Å²) in [6.45, 7) is 4.32. The highest BCUT2D eigenvalue weighted by Gasteiger charge is 2.10. The number of halogens is 1. The molecule has 0 aromatic heterocycles. The Morgan fingerprint density at radius 2 is 2.12 bits per heavy atom. The molecule has 4 heteroatoms. The lowest BCUT2D eigenvalue weighted by Gasteiger charge is -2.14. The zero-order valence-corrected chi connectivity index (χ0v) is 10.4. The van der Waals surface area contributed by atoms with Crippen molar-refractivity contribution in [1.82, 2.24) is 0 Å². The third-order valence-electron chi connectivity index (χ3n) is 2.14. The molecule has 1 unspecified atom stereocenters. The monoisotopic (exact) mass is 243 g/mol. The topological polar surface area (TPSA) is 55.5 Å². The van der Waals surface area contributed by atoms with Crippen molar-refractivity contribution in [2.45, 2.75) is 32.5 Å². The molecule has 16 heavy (non-hydrogen) atoms. The largest absolute Gasteiger partial charge is 0.489 e. The van der Waals surface area contributed by atoms with Crippen molar-refractivity contribution in [3.05, 3.63) is 28.8 Å². The molecule has 3 nitrogen and oxygen atoms in total. The average molecular weight is 244 g/mol. The van der Waals surface area contributed by atoms with Gasteiger partial charge in [0.15, 0.2) is 0 Å². The summed E-state index contributed by atoms with van der Waals surface area (Å²) in [5.41, 5.74) is 6.15. The number of rotatable bonds is 5. The lowest BCUT2D eigenvalue weighted by molar-refractivity contribution is 0.170. The van der Waals surface area contributed by atoms with E-state index in [1.807, 2.05) is 19.9 Å². The van der Waals surface area contributed by atoms with E-state index in [9.17, 15) is 5.11 Å². The van der Waals surface area contributed by atoms with Crippen LogP contribution < -0.4 is 10.5 Å². The SMILES string of the molecule is CC(C)Oc1ccc(C(O)CCN)cc1Cl. The first-order valence-corrected chi connectivity index (χ1v) is 5.76. The smallest absolute Gasteiger partial charge is 0.138 e. The van der Waals surface area contributed by atoms with Gasteiger partial charge >= 0.3 is 0 Å². The van der Waals surface area contributed by atoms with Crippen molar-refractivity contribution >= 4 is 11.6 Å². The summed E-state index contributed by atoms with van der Waals surface area (Å²) in [4.78, 5) is 0. The van der Waals surface area contributed by atoms with Crippen LogP contribution >= 0.6 is 11.6 Å². The minimum atomic E-state index is -0.560. The van der Waals surface area contributed by atoms with Gasteiger partial charge in [0.2, 0.25) is 0 Å². The van der Waals surface area contributed by atoms with E-state index in [4.69, 9.17) is 22.1 Å². The van der Waals surface area contributed by atoms with Gasteiger partial charge in [-0.15, -0.1) is 0 Å². The fourth-order valence-corrected chi connectivity index (χ4v) is 1.63.